The third-order valence-corrected chi connectivity index (χ3v) is 0. The molecule has 0 aliphatic rings. The van der Waals surface area contributed by atoms with Gasteiger partial charge in [-0.1, -0.05) is 0 Å². The van der Waals surface area contributed by atoms with Crippen LogP contribution in [0, 0.1) is 0 Å². The first-order valence-electron chi connectivity index (χ1n) is 0.894. The number of rotatable bonds is 0. The van der Waals surface area contributed by atoms with E-state index in [0.29, 0.717) is 0 Å². The van der Waals surface area contributed by atoms with Crippen molar-refractivity contribution in [2.75, 3.05) is 0 Å². The van der Waals surface area contributed by atoms with Gasteiger partial charge in [-0.15, -0.1) is 0 Å². The van der Waals surface area contributed by atoms with E-state index in [1.807, 2.05) is 0 Å². The molecule has 4 nitrogen and oxygen atoms in total. The van der Waals surface area contributed by atoms with Crippen molar-refractivity contribution in [3.05, 3.63) is 0 Å². The van der Waals surface area contributed by atoms with Gasteiger partial charge in [-0.3, -0.25) is 0 Å². The second-order valence-corrected chi connectivity index (χ2v) is 1.80. The Bertz CT molecular complexity index is 27.2. The fourth-order valence-electron chi connectivity index (χ4n) is 0. The van der Waals surface area contributed by atoms with Crippen LogP contribution in [0.25, 0.3) is 0 Å². The molecule has 0 saturated carbocycles. The zero-order chi connectivity index (χ0) is 4.50. The molecule has 0 rings (SSSR count). The van der Waals surface area contributed by atoms with Crippen molar-refractivity contribution in [1.82, 2.24) is 0 Å². The van der Waals surface area contributed by atoms with Gasteiger partial charge in [-0.05, 0) is 0 Å². The van der Waals surface area contributed by atoms with Gasteiger partial charge >= 0.3 is 9.05 Å². The van der Waals surface area contributed by atoms with Crippen LogP contribution in [0.3, 0.4) is 0 Å². The molecule has 0 aliphatic heterocycles. The summed E-state index contributed by atoms with van der Waals surface area (Å²) >= 11 is 0. The maximum Gasteiger partial charge on any atom is 0.668 e. The molecule has 0 aromatic carbocycles. The standard InChI is InChI=1S/Hf.H4O4Si.Ta/c;1-5(2,3)4;/h;1-4H;. The Hall–Kier alpha value is 1.67. The predicted molar refractivity (Wildman–Crippen MR) is 14.6 cm³/mol. The van der Waals surface area contributed by atoms with Crippen molar-refractivity contribution < 1.29 is 67.4 Å². The Balaban J connectivity index is -0.0000000800. The van der Waals surface area contributed by atoms with Crippen molar-refractivity contribution in [3.63, 3.8) is 0 Å². The number of hydrogen-bond acceptors (Lipinski definition) is 4. The van der Waals surface area contributed by atoms with Gasteiger partial charge in [0.25, 0.3) is 0 Å². The Kier molecular flexibility index (Phi) is 13.1. The van der Waals surface area contributed by atoms with Crippen LogP contribution in [0.4, 0.5) is 0 Å². The largest absolute Gasteiger partial charge is 0.668 e. The molecule has 4 N–H and O–H groups in total. The van der Waals surface area contributed by atoms with Crippen LogP contribution in [-0.4, -0.2) is 28.2 Å². The molecule has 7 heavy (non-hydrogen) atoms. The summed E-state index contributed by atoms with van der Waals surface area (Å²) in [6.07, 6.45) is 0. The third-order valence-electron chi connectivity index (χ3n) is 0. The van der Waals surface area contributed by atoms with E-state index in [0.717, 1.165) is 0 Å². The van der Waals surface area contributed by atoms with Crippen LogP contribution in [0.2, 0.25) is 0 Å². The predicted octanol–water partition coefficient (Wildman–Crippen LogP) is -2.61. The molecule has 0 aliphatic carbocycles. The summed E-state index contributed by atoms with van der Waals surface area (Å²) in [6, 6.07) is 0. The Morgan fingerprint density at radius 1 is 0.857 bits per heavy atom. The van der Waals surface area contributed by atoms with Gasteiger partial charge in [-0.25, -0.2) is 0 Å². The van der Waals surface area contributed by atoms with Crippen LogP contribution >= 0.6 is 0 Å². The molecule has 0 saturated heterocycles. The zero-order valence-electron chi connectivity index (χ0n) is 3.24. The van der Waals surface area contributed by atoms with E-state index < -0.39 is 9.05 Å². The van der Waals surface area contributed by atoms with Crippen LogP contribution in [0.15, 0.2) is 0 Å². The SMILES string of the molecule is O[Si](O)(O)O.[Hf].[Ta]. The first-order chi connectivity index (χ1) is 2.00. The second kappa shape index (κ2) is 5.80. The molecule has 0 atom stereocenters. The van der Waals surface area contributed by atoms with Crippen LogP contribution in [-0.2, 0) is 48.2 Å². The van der Waals surface area contributed by atoms with Crippen molar-refractivity contribution in [1.29, 1.82) is 0 Å². The summed E-state index contributed by atoms with van der Waals surface area (Å²) in [5, 5.41) is 0. The van der Waals surface area contributed by atoms with Gasteiger partial charge in [0.1, 0.15) is 0 Å². The molecule has 0 spiro atoms. The molecule has 0 unspecified atom stereocenters. The van der Waals surface area contributed by atoms with E-state index >= 15 is 0 Å². The summed E-state index contributed by atoms with van der Waals surface area (Å²) in [4.78, 5) is 29.3. The Morgan fingerprint density at radius 3 is 0.857 bits per heavy atom. The Morgan fingerprint density at radius 2 is 0.857 bits per heavy atom. The molecule has 0 amide bonds. The van der Waals surface area contributed by atoms with Crippen LogP contribution in [0.5, 0.6) is 0 Å². The molecular weight excluding hydrogens is 452 g/mol. The van der Waals surface area contributed by atoms with Crippen molar-refractivity contribution in [2.45, 2.75) is 0 Å². The van der Waals surface area contributed by atoms with Crippen LogP contribution in [0.1, 0.15) is 0 Å². The molecule has 0 fully saturated rings. The van der Waals surface area contributed by atoms with E-state index in [2.05, 4.69) is 0 Å². The van der Waals surface area contributed by atoms with Gasteiger partial charge in [0, 0.05) is 48.2 Å². The van der Waals surface area contributed by atoms with E-state index in [-0.39, 0.29) is 48.2 Å². The van der Waals surface area contributed by atoms with Gasteiger partial charge in [-0.2, -0.15) is 0 Å². The first-order valence-corrected chi connectivity index (χ1v) is 2.68. The summed E-state index contributed by atoms with van der Waals surface area (Å²) in [6.45, 7) is 0. The van der Waals surface area contributed by atoms with Gasteiger partial charge in [0.15, 0.2) is 0 Å². The molecule has 1 radical (unpaired) electrons. The Labute approximate surface area is 76.0 Å². The summed E-state index contributed by atoms with van der Waals surface area (Å²) < 4.78 is 0. The van der Waals surface area contributed by atoms with E-state index in [4.69, 9.17) is 19.2 Å². The molecule has 0 heterocycles. The molecule has 0 aromatic heterocycles. The van der Waals surface area contributed by atoms with Gasteiger partial charge in [0.2, 0.25) is 0 Å². The minimum atomic E-state index is -4.61. The second-order valence-electron chi connectivity index (χ2n) is 0.600. The fraction of sp³-hybridized carbons (Fsp3) is 0. The van der Waals surface area contributed by atoms with Gasteiger partial charge < -0.3 is 19.2 Å². The smallest absolute Gasteiger partial charge is 0.368 e. The fourth-order valence-corrected chi connectivity index (χ4v) is 0. The molecule has 41 valence electrons. The van der Waals surface area contributed by atoms with E-state index in [1.165, 1.54) is 0 Å². The molecule has 0 aromatic rings. The third kappa shape index (κ3) is 88.6. The van der Waals surface area contributed by atoms with Crippen molar-refractivity contribution >= 4 is 9.05 Å². The summed E-state index contributed by atoms with van der Waals surface area (Å²) in [5.74, 6) is 0. The minimum absolute atomic E-state index is 0. The average molecular weight is 456 g/mol. The minimum Gasteiger partial charge on any atom is -0.368 e. The maximum atomic E-state index is 7.33. The van der Waals surface area contributed by atoms with E-state index in [1.54, 1.807) is 0 Å². The summed E-state index contributed by atoms with van der Waals surface area (Å²) in [5.41, 5.74) is 0. The molecule has 7 heteroatoms. The monoisotopic (exact) mass is 457 g/mol. The van der Waals surface area contributed by atoms with Crippen molar-refractivity contribution in [3.8, 4) is 0 Å². The van der Waals surface area contributed by atoms with Gasteiger partial charge in [0.05, 0.1) is 0 Å². The van der Waals surface area contributed by atoms with Crippen molar-refractivity contribution in [2.24, 2.45) is 0 Å². The van der Waals surface area contributed by atoms with Crippen LogP contribution < -0.4 is 0 Å². The average Bonchev–Trinajstić information content (AvgIpc) is 0.722. The first kappa shape index (κ1) is 15.9. The summed E-state index contributed by atoms with van der Waals surface area (Å²) in [7, 11) is -4.61. The quantitative estimate of drug-likeness (QED) is 0.302. The molecule has 0 bridgehead atoms. The molecular formula is H4HfO4SiTa. The van der Waals surface area contributed by atoms with E-state index in [9.17, 15) is 0 Å². The zero-order valence-corrected chi connectivity index (χ0v) is 11.0. The number of hydrogen-bond donors (Lipinski definition) is 4. The maximum absolute atomic E-state index is 7.33. The topological polar surface area (TPSA) is 80.9 Å². The normalized spacial score (nSPS) is 8.57.